The molecule has 0 aromatic heterocycles. The van der Waals surface area contributed by atoms with Crippen LogP contribution in [0.15, 0.2) is 48.1 Å². The first kappa shape index (κ1) is 20.1. The summed E-state index contributed by atoms with van der Waals surface area (Å²) in [4.78, 5) is 10.4. The summed E-state index contributed by atoms with van der Waals surface area (Å²) in [6.45, 7) is 8.60. The van der Waals surface area contributed by atoms with Crippen LogP contribution in [0, 0.1) is 0 Å². The van der Waals surface area contributed by atoms with E-state index in [0.29, 0.717) is 25.3 Å². The summed E-state index contributed by atoms with van der Waals surface area (Å²) in [5, 5.41) is 0. The summed E-state index contributed by atoms with van der Waals surface area (Å²) >= 11 is 0. The van der Waals surface area contributed by atoms with Crippen molar-refractivity contribution in [3.8, 4) is 0 Å². The topological polar surface area (TPSA) is 78.3 Å². The number of carbonyl (C=O) groups excluding carboxylic acids is 1. The first-order valence-corrected chi connectivity index (χ1v) is 7.52. The predicted molar refractivity (Wildman–Crippen MR) is 93.2 cm³/mol. The van der Waals surface area contributed by atoms with Gasteiger partial charge in [0.25, 0.3) is 0 Å². The van der Waals surface area contributed by atoms with E-state index in [1.165, 1.54) is 11.1 Å². The Morgan fingerprint density at radius 2 is 1.73 bits per heavy atom. The van der Waals surface area contributed by atoms with Crippen LogP contribution in [0.2, 0.25) is 0 Å². The smallest absolute Gasteiger partial charge is 0.333 e. The van der Waals surface area contributed by atoms with Crippen LogP contribution in [-0.2, 0) is 9.53 Å². The lowest BCUT2D eigenvalue weighted by Gasteiger charge is -2.04. The van der Waals surface area contributed by atoms with Crippen molar-refractivity contribution >= 4 is 12.0 Å². The number of ether oxygens (including phenoxy) is 1. The van der Waals surface area contributed by atoms with E-state index in [0.717, 1.165) is 12.8 Å². The molecule has 122 valence electrons. The Balaban J connectivity index is 0.000000472. The molecule has 4 heteroatoms. The van der Waals surface area contributed by atoms with Gasteiger partial charge in [0.1, 0.15) is 0 Å². The molecule has 0 amide bonds. The largest absolute Gasteiger partial charge is 0.463 e. The summed E-state index contributed by atoms with van der Waals surface area (Å²) in [5.41, 5.74) is 14.1. The summed E-state index contributed by atoms with van der Waals surface area (Å²) < 4.78 is 4.56. The van der Waals surface area contributed by atoms with Crippen LogP contribution >= 0.6 is 0 Å². The molecule has 0 radical (unpaired) electrons. The van der Waals surface area contributed by atoms with Gasteiger partial charge in [-0.05, 0) is 45.3 Å². The second-order valence-electron chi connectivity index (χ2n) is 4.79. The Kier molecular flexibility index (Phi) is 11.7. The molecule has 4 N–H and O–H groups in total. The van der Waals surface area contributed by atoms with E-state index in [1.807, 2.05) is 18.2 Å². The third-order valence-electron chi connectivity index (χ3n) is 2.73. The van der Waals surface area contributed by atoms with Gasteiger partial charge < -0.3 is 16.2 Å². The van der Waals surface area contributed by atoms with E-state index in [2.05, 4.69) is 29.5 Å². The molecule has 0 aliphatic rings. The SMILES string of the molecule is C=C(C)C(=O)OCC.NCCC(=Cc1ccccc1)CCN. The number of rotatable bonds is 7. The molecule has 0 bridgehead atoms. The van der Waals surface area contributed by atoms with Gasteiger partial charge in [0.15, 0.2) is 0 Å². The van der Waals surface area contributed by atoms with Gasteiger partial charge in [-0.3, -0.25) is 0 Å². The van der Waals surface area contributed by atoms with Gasteiger partial charge in [0, 0.05) is 5.57 Å². The molecule has 0 atom stereocenters. The minimum absolute atomic E-state index is 0.312. The van der Waals surface area contributed by atoms with Crippen LogP contribution in [-0.4, -0.2) is 25.7 Å². The fraction of sp³-hybridized carbons (Fsp3) is 0.389. The Morgan fingerprint density at radius 1 is 1.18 bits per heavy atom. The average Bonchev–Trinajstić information content (AvgIpc) is 2.49. The first-order valence-electron chi connectivity index (χ1n) is 7.52. The normalized spacial score (nSPS) is 9.27. The highest BCUT2D eigenvalue weighted by Crippen LogP contribution is 2.11. The molecule has 22 heavy (non-hydrogen) atoms. The van der Waals surface area contributed by atoms with E-state index in [4.69, 9.17) is 11.5 Å². The molecule has 0 aliphatic heterocycles. The monoisotopic (exact) mass is 304 g/mol. The molecule has 0 spiro atoms. The Hall–Kier alpha value is -1.91. The zero-order valence-corrected chi connectivity index (χ0v) is 13.7. The van der Waals surface area contributed by atoms with Crippen molar-refractivity contribution in [1.82, 2.24) is 0 Å². The Morgan fingerprint density at radius 3 is 2.09 bits per heavy atom. The van der Waals surface area contributed by atoms with Crippen LogP contribution in [0.3, 0.4) is 0 Å². The van der Waals surface area contributed by atoms with Crippen LogP contribution in [0.5, 0.6) is 0 Å². The van der Waals surface area contributed by atoms with Gasteiger partial charge in [0.05, 0.1) is 6.61 Å². The molecule has 0 heterocycles. The van der Waals surface area contributed by atoms with Crippen molar-refractivity contribution in [2.24, 2.45) is 11.5 Å². The average molecular weight is 304 g/mol. The number of carbonyl (C=O) groups is 1. The summed E-state index contributed by atoms with van der Waals surface area (Å²) in [6.07, 6.45) is 4.05. The number of nitrogens with two attached hydrogens (primary N) is 2. The molecule has 0 aliphatic carbocycles. The van der Waals surface area contributed by atoms with Crippen molar-refractivity contribution in [3.05, 3.63) is 53.6 Å². The third-order valence-corrected chi connectivity index (χ3v) is 2.73. The van der Waals surface area contributed by atoms with E-state index in [1.54, 1.807) is 13.8 Å². The molecular formula is C18H28N2O2. The lowest BCUT2D eigenvalue weighted by Crippen LogP contribution is -2.05. The lowest BCUT2D eigenvalue weighted by molar-refractivity contribution is -0.138. The number of hydrogen-bond donors (Lipinski definition) is 2. The molecule has 1 aromatic carbocycles. The standard InChI is InChI=1S/C12H18N2.C6H10O2/c13-8-6-12(7-9-14)10-11-4-2-1-3-5-11;1-4-8-6(7)5(2)3/h1-5,10H,6-9,13-14H2;2,4H2,1,3H3. The first-order chi connectivity index (χ1) is 10.5. The van der Waals surface area contributed by atoms with Gasteiger partial charge in [-0.15, -0.1) is 0 Å². The van der Waals surface area contributed by atoms with E-state index in [-0.39, 0.29) is 5.97 Å². The highest BCUT2D eigenvalue weighted by Gasteiger charge is 1.98. The fourth-order valence-electron chi connectivity index (χ4n) is 1.68. The van der Waals surface area contributed by atoms with E-state index < -0.39 is 0 Å². The summed E-state index contributed by atoms with van der Waals surface area (Å²) in [5.74, 6) is -0.312. The second kappa shape index (κ2) is 12.8. The maximum atomic E-state index is 10.4. The van der Waals surface area contributed by atoms with Crippen LogP contribution in [0.25, 0.3) is 6.08 Å². The molecule has 1 rings (SSSR count). The summed E-state index contributed by atoms with van der Waals surface area (Å²) in [7, 11) is 0. The van der Waals surface area contributed by atoms with Crippen molar-refractivity contribution in [3.63, 3.8) is 0 Å². The summed E-state index contributed by atoms with van der Waals surface area (Å²) in [6, 6.07) is 10.3. The van der Waals surface area contributed by atoms with Gasteiger partial charge >= 0.3 is 5.97 Å². The minimum Gasteiger partial charge on any atom is -0.463 e. The third kappa shape index (κ3) is 9.91. The van der Waals surface area contributed by atoms with Crippen molar-refractivity contribution in [2.75, 3.05) is 19.7 Å². The van der Waals surface area contributed by atoms with Crippen molar-refractivity contribution in [2.45, 2.75) is 26.7 Å². The molecule has 0 saturated heterocycles. The fourth-order valence-corrected chi connectivity index (χ4v) is 1.68. The Labute approximate surface area is 133 Å². The predicted octanol–water partition coefficient (Wildman–Crippen LogP) is 2.89. The van der Waals surface area contributed by atoms with Crippen LogP contribution in [0.4, 0.5) is 0 Å². The van der Waals surface area contributed by atoms with Gasteiger partial charge in [-0.25, -0.2) is 4.79 Å². The molecule has 0 fully saturated rings. The molecule has 0 unspecified atom stereocenters. The second-order valence-corrected chi connectivity index (χ2v) is 4.79. The van der Waals surface area contributed by atoms with E-state index >= 15 is 0 Å². The van der Waals surface area contributed by atoms with Gasteiger partial charge in [0.2, 0.25) is 0 Å². The highest BCUT2D eigenvalue weighted by molar-refractivity contribution is 5.86. The highest BCUT2D eigenvalue weighted by atomic mass is 16.5. The van der Waals surface area contributed by atoms with Gasteiger partial charge in [-0.2, -0.15) is 0 Å². The number of hydrogen-bond acceptors (Lipinski definition) is 4. The van der Waals surface area contributed by atoms with Crippen LogP contribution in [0.1, 0.15) is 32.3 Å². The molecule has 4 nitrogen and oxygen atoms in total. The number of esters is 1. The lowest BCUT2D eigenvalue weighted by atomic mass is 10.1. The maximum absolute atomic E-state index is 10.4. The molecule has 1 aromatic rings. The number of benzene rings is 1. The van der Waals surface area contributed by atoms with Crippen molar-refractivity contribution in [1.29, 1.82) is 0 Å². The molecule has 0 saturated carbocycles. The van der Waals surface area contributed by atoms with Crippen molar-refractivity contribution < 1.29 is 9.53 Å². The van der Waals surface area contributed by atoms with Crippen LogP contribution < -0.4 is 11.5 Å². The van der Waals surface area contributed by atoms with Gasteiger partial charge in [-0.1, -0.05) is 48.6 Å². The molecular weight excluding hydrogens is 276 g/mol. The minimum atomic E-state index is -0.312. The quantitative estimate of drug-likeness (QED) is 0.600. The maximum Gasteiger partial charge on any atom is 0.333 e. The zero-order valence-electron chi connectivity index (χ0n) is 13.7. The Bertz CT molecular complexity index is 459. The zero-order chi connectivity index (χ0) is 16.8. The van der Waals surface area contributed by atoms with E-state index in [9.17, 15) is 4.79 Å².